The number of hydrogen-bond acceptors (Lipinski definition) is 1. The van der Waals surface area contributed by atoms with E-state index in [9.17, 15) is 0 Å². The van der Waals surface area contributed by atoms with Crippen molar-refractivity contribution in [3.8, 4) is 0 Å². The van der Waals surface area contributed by atoms with Gasteiger partial charge in [0.1, 0.15) is 0 Å². The van der Waals surface area contributed by atoms with Crippen LogP contribution in [-0.4, -0.2) is 7.05 Å². The predicted octanol–water partition coefficient (Wildman–Crippen LogP) is 5.29. The molecule has 2 aromatic carbocycles. The Morgan fingerprint density at radius 1 is 0.952 bits per heavy atom. The van der Waals surface area contributed by atoms with E-state index in [1.54, 1.807) is 0 Å². The lowest BCUT2D eigenvalue weighted by atomic mass is 9.77. The molecule has 2 atom stereocenters. The molecule has 1 nitrogen and oxygen atoms in total. The lowest BCUT2D eigenvalue weighted by molar-refractivity contribution is 0.471. The number of halogens is 2. The summed E-state index contributed by atoms with van der Waals surface area (Å²) < 4.78 is 0. The molecule has 0 aromatic heterocycles. The summed E-state index contributed by atoms with van der Waals surface area (Å²) in [4.78, 5) is 0. The van der Waals surface area contributed by atoms with Crippen LogP contribution in [0.25, 0.3) is 0 Å². The first-order valence-corrected chi connectivity index (χ1v) is 7.67. The van der Waals surface area contributed by atoms with Gasteiger partial charge in [0.05, 0.1) is 10.0 Å². The van der Waals surface area contributed by atoms with Crippen molar-refractivity contribution in [1.29, 1.82) is 0 Å². The summed E-state index contributed by atoms with van der Waals surface area (Å²) in [6, 6.07) is 15.1. The Bertz CT molecular complexity index is 630. The van der Waals surface area contributed by atoms with E-state index in [0.717, 1.165) is 12.8 Å². The van der Waals surface area contributed by atoms with E-state index in [2.05, 4.69) is 35.6 Å². The zero-order valence-electron chi connectivity index (χ0n) is 11.9. The molecular formula is C17H19Cl2NS. The highest BCUT2D eigenvalue weighted by atomic mass is 35.5. The van der Waals surface area contributed by atoms with Crippen LogP contribution in [0, 0.1) is 0 Å². The molecule has 4 heteroatoms. The van der Waals surface area contributed by atoms with Gasteiger partial charge >= 0.3 is 0 Å². The minimum absolute atomic E-state index is 0. The third-order valence-electron chi connectivity index (χ3n) is 4.19. The molecule has 0 fully saturated rings. The number of fused-ring (bicyclic) bond motifs is 1. The van der Waals surface area contributed by atoms with Crippen molar-refractivity contribution in [3.63, 3.8) is 0 Å². The van der Waals surface area contributed by atoms with Crippen LogP contribution >= 0.6 is 36.7 Å². The fourth-order valence-corrected chi connectivity index (χ4v) is 3.47. The van der Waals surface area contributed by atoms with E-state index in [1.807, 2.05) is 19.2 Å². The number of benzene rings is 2. The van der Waals surface area contributed by atoms with Gasteiger partial charge in [-0.15, -0.1) is 0 Å². The summed E-state index contributed by atoms with van der Waals surface area (Å²) >= 11 is 12.2. The van der Waals surface area contributed by atoms with Crippen LogP contribution in [0.4, 0.5) is 0 Å². The summed E-state index contributed by atoms with van der Waals surface area (Å²) in [5.41, 5.74) is 4.05. The number of hydrogen-bond donors (Lipinski definition) is 1. The van der Waals surface area contributed by atoms with Gasteiger partial charge in [-0.2, -0.15) is 13.5 Å². The molecule has 0 saturated heterocycles. The highest BCUT2D eigenvalue weighted by molar-refractivity contribution is 7.59. The Hall–Kier alpha value is -0.670. The minimum atomic E-state index is 0. The number of rotatable bonds is 2. The normalized spacial score (nSPS) is 20.5. The second-order valence-corrected chi connectivity index (χ2v) is 6.09. The van der Waals surface area contributed by atoms with Crippen molar-refractivity contribution in [2.24, 2.45) is 0 Å². The molecule has 21 heavy (non-hydrogen) atoms. The van der Waals surface area contributed by atoms with Crippen molar-refractivity contribution in [1.82, 2.24) is 5.32 Å². The van der Waals surface area contributed by atoms with E-state index in [0.29, 0.717) is 22.0 Å². The third-order valence-corrected chi connectivity index (χ3v) is 4.92. The van der Waals surface area contributed by atoms with Gasteiger partial charge < -0.3 is 5.32 Å². The lowest BCUT2D eigenvalue weighted by Crippen LogP contribution is -2.24. The zero-order valence-corrected chi connectivity index (χ0v) is 14.4. The largest absolute Gasteiger partial charge is 0.313 e. The first kappa shape index (κ1) is 16.7. The molecule has 112 valence electrons. The monoisotopic (exact) mass is 339 g/mol. The molecule has 2 aromatic rings. The Balaban J connectivity index is 0.00000161. The van der Waals surface area contributed by atoms with Gasteiger partial charge in [0.2, 0.25) is 0 Å². The van der Waals surface area contributed by atoms with Crippen molar-refractivity contribution in [2.75, 3.05) is 7.05 Å². The van der Waals surface area contributed by atoms with Gasteiger partial charge in [-0.1, -0.05) is 53.5 Å². The first-order valence-electron chi connectivity index (χ1n) is 6.91. The highest BCUT2D eigenvalue weighted by Gasteiger charge is 2.27. The van der Waals surface area contributed by atoms with E-state index < -0.39 is 0 Å². The maximum absolute atomic E-state index is 6.17. The van der Waals surface area contributed by atoms with Crippen molar-refractivity contribution >= 4 is 36.7 Å². The van der Waals surface area contributed by atoms with Gasteiger partial charge in [-0.05, 0) is 48.7 Å². The smallest absolute Gasteiger partial charge is 0.0595 e. The average Bonchev–Trinajstić information content (AvgIpc) is 2.49. The van der Waals surface area contributed by atoms with Gasteiger partial charge in [-0.3, -0.25) is 0 Å². The molecule has 0 heterocycles. The Kier molecular flexibility index (Phi) is 5.61. The second-order valence-electron chi connectivity index (χ2n) is 5.27. The molecule has 1 aliphatic rings. The molecule has 0 radical (unpaired) electrons. The van der Waals surface area contributed by atoms with Crippen molar-refractivity contribution in [2.45, 2.75) is 24.8 Å². The first-order chi connectivity index (χ1) is 9.70. The number of nitrogens with one attached hydrogen (secondary N) is 1. The quantitative estimate of drug-likeness (QED) is 0.783. The molecule has 0 amide bonds. The van der Waals surface area contributed by atoms with Crippen LogP contribution < -0.4 is 5.32 Å². The van der Waals surface area contributed by atoms with Crippen LogP contribution in [-0.2, 0) is 0 Å². The minimum Gasteiger partial charge on any atom is -0.313 e. The van der Waals surface area contributed by atoms with Crippen molar-refractivity contribution in [3.05, 3.63) is 69.2 Å². The topological polar surface area (TPSA) is 12.0 Å². The van der Waals surface area contributed by atoms with Crippen LogP contribution in [0.5, 0.6) is 0 Å². The van der Waals surface area contributed by atoms with Crippen LogP contribution in [0.2, 0.25) is 10.0 Å². The molecule has 0 unspecified atom stereocenters. The molecule has 0 spiro atoms. The molecule has 3 rings (SSSR count). The van der Waals surface area contributed by atoms with E-state index in [-0.39, 0.29) is 13.5 Å². The SMILES string of the molecule is CN[C@H]1CC[C@@H](c2ccc(Cl)c(Cl)c2)c2ccccc21.S. The lowest BCUT2D eigenvalue weighted by Gasteiger charge is -2.32. The van der Waals surface area contributed by atoms with Crippen molar-refractivity contribution < 1.29 is 0 Å². The third kappa shape index (κ3) is 3.24. The molecular weight excluding hydrogens is 321 g/mol. The molecule has 0 aliphatic heterocycles. The standard InChI is InChI=1S/C17H17Cl2N.H2S/c1-20-17-9-7-12(13-4-2-3-5-14(13)17)11-6-8-15(18)16(19)10-11;/h2-6,8,10,12,17,20H,7,9H2,1H3;1H2/t12-,17-;/m0./s1. The Labute approximate surface area is 143 Å². The van der Waals surface area contributed by atoms with E-state index in [1.165, 1.54) is 16.7 Å². The maximum Gasteiger partial charge on any atom is 0.0595 e. The molecule has 0 saturated carbocycles. The van der Waals surface area contributed by atoms with Crippen LogP contribution in [0.1, 0.15) is 41.5 Å². The van der Waals surface area contributed by atoms with E-state index in [4.69, 9.17) is 23.2 Å². The Morgan fingerprint density at radius 3 is 2.33 bits per heavy atom. The molecule has 1 aliphatic carbocycles. The second kappa shape index (κ2) is 7.06. The van der Waals surface area contributed by atoms with Crippen LogP contribution in [0.15, 0.2) is 42.5 Å². The fraction of sp³-hybridized carbons (Fsp3) is 0.294. The summed E-state index contributed by atoms with van der Waals surface area (Å²) in [5.74, 6) is 0.408. The average molecular weight is 340 g/mol. The van der Waals surface area contributed by atoms with Gasteiger partial charge in [0.15, 0.2) is 0 Å². The summed E-state index contributed by atoms with van der Waals surface area (Å²) in [5, 5.41) is 4.66. The maximum atomic E-state index is 6.17. The summed E-state index contributed by atoms with van der Waals surface area (Å²) in [6.07, 6.45) is 2.26. The van der Waals surface area contributed by atoms with Gasteiger partial charge in [0.25, 0.3) is 0 Å². The van der Waals surface area contributed by atoms with Gasteiger partial charge in [-0.25, -0.2) is 0 Å². The zero-order chi connectivity index (χ0) is 14.1. The van der Waals surface area contributed by atoms with Gasteiger partial charge in [0, 0.05) is 12.0 Å². The fourth-order valence-electron chi connectivity index (χ4n) is 3.17. The predicted molar refractivity (Wildman–Crippen MR) is 96.2 cm³/mol. The molecule has 0 bridgehead atoms. The highest BCUT2D eigenvalue weighted by Crippen LogP contribution is 2.42. The van der Waals surface area contributed by atoms with E-state index >= 15 is 0 Å². The summed E-state index contributed by atoms with van der Waals surface area (Å²) in [7, 11) is 2.03. The Morgan fingerprint density at radius 2 is 1.67 bits per heavy atom. The molecule has 1 N–H and O–H groups in total. The van der Waals surface area contributed by atoms with Crippen LogP contribution in [0.3, 0.4) is 0 Å². The summed E-state index contributed by atoms with van der Waals surface area (Å²) in [6.45, 7) is 0.